The zero-order valence-electron chi connectivity index (χ0n) is 12.5. The SMILES string of the molecule is Cc1ccc(C(C)(C)C)c(Oc2ccc(CBr)cc2)c1. The first-order valence-corrected chi connectivity index (χ1v) is 7.96. The van der Waals surface area contributed by atoms with Crippen molar-refractivity contribution in [1.29, 1.82) is 0 Å². The van der Waals surface area contributed by atoms with E-state index in [1.165, 1.54) is 16.7 Å². The van der Waals surface area contributed by atoms with Gasteiger partial charge in [-0.25, -0.2) is 0 Å². The lowest BCUT2D eigenvalue weighted by Crippen LogP contribution is -2.12. The predicted molar refractivity (Wildman–Crippen MR) is 89.0 cm³/mol. The van der Waals surface area contributed by atoms with Gasteiger partial charge in [0.25, 0.3) is 0 Å². The average molecular weight is 333 g/mol. The largest absolute Gasteiger partial charge is 0.457 e. The number of aryl methyl sites for hydroxylation is 1. The normalized spacial score (nSPS) is 11.4. The van der Waals surface area contributed by atoms with Crippen molar-refractivity contribution >= 4 is 15.9 Å². The molecule has 0 aliphatic heterocycles. The lowest BCUT2D eigenvalue weighted by Gasteiger charge is -2.23. The van der Waals surface area contributed by atoms with Crippen molar-refractivity contribution in [2.75, 3.05) is 0 Å². The maximum Gasteiger partial charge on any atom is 0.131 e. The van der Waals surface area contributed by atoms with E-state index in [0.29, 0.717) is 0 Å². The monoisotopic (exact) mass is 332 g/mol. The molecular weight excluding hydrogens is 312 g/mol. The molecule has 0 amide bonds. The Morgan fingerprint density at radius 2 is 1.65 bits per heavy atom. The van der Waals surface area contributed by atoms with E-state index in [4.69, 9.17) is 4.74 Å². The van der Waals surface area contributed by atoms with Crippen LogP contribution in [0.25, 0.3) is 0 Å². The van der Waals surface area contributed by atoms with E-state index in [9.17, 15) is 0 Å². The zero-order chi connectivity index (χ0) is 14.8. The van der Waals surface area contributed by atoms with Gasteiger partial charge >= 0.3 is 0 Å². The molecule has 0 atom stereocenters. The topological polar surface area (TPSA) is 9.23 Å². The zero-order valence-corrected chi connectivity index (χ0v) is 14.1. The molecule has 106 valence electrons. The molecule has 0 heterocycles. The number of hydrogen-bond acceptors (Lipinski definition) is 1. The summed E-state index contributed by atoms with van der Waals surface area (Å²) in [6.45, 7) is 8.71. The molecule has 0 bridgehead atoms. The Hall–Kier alpha value is -1.28. The smallest absolute Gasteiger partial charge is 0.131 e. The molecule has 0 saturated carbocycles. The van der Waals surface area contributed by atoms with Crippen molar-refractivity contribution < 1.29 is 4.74 Å². The van der Waals surface area contributed by atoms with Crippen molar-refractivity contribution in [3.63, 3.8) is 0 Å². The number of halogens is 1. The Bertz CT molecular complexity index is 579. The summed E-state index contributed by atoms with van der Waals surface area (Å²) in [6.07, 6.45) is 0. The van der Waals surface area contributed by atoms with Gasteiger partial charge in [-0.1, -0.05) is 61.0 Å². The van der Waals surface area contributed by atoms with E-state index in [-0.39, 0.29) is 5.41 Å². The predicted octanol–water partition coefficient (Wildman–Crippen LogP) is 5.98. The summed E-state index contributed by atoms with van der Waals surface area (Å²) < 4.78 is 6.10. The van der Waals surface area contributed by atoms with Crippen molar-refractivity contribution in [2.45, 2.75) is 38.4 Å². The molecule has 20 heavy (non-hydrogen) atoms. The highest BCUT2D eigenvalue weighted by Crippen LogP contribution is 2.34. The number of ether oxygens (including phenoxy) is 1. The van der Waals surface area contributed by atoms with E-state index in [1.54, 1.807) is 0 Å². The van der Waals surface area contributed by atoms with Gasteiger partial charge in [-0.2, -0.15) is 0 Å². The maximum atomic E-state index is 6.10. The summed E-state index contributed by atoms with van der Waals surface area (Å²) >= 11 is 3.46. The van der Waals surface area contributed by atoms with Crippen LogP contribution in [0.3, 0.4) is 0 Å². The summed E-state index contributed by atoms with van der Waals surface area (Å²) in [5.74, 6) is 1.83. The molecule has 2 rings (SSSR count). The Morgan fingerprint density at radius 1 is 1.00 bits per heavy atom. The first kappa shape index (κ1) is 15.1. The number of hydrogen-bond donors (Lipinski definition) is 0. The highest BCUT2D eigenvalue weighted by atomic mass is 79.9. The molecule has 1 nitrogen and oxygen atoms in total. The second-order valence-electron chi connectivity index (χ2n) is 6.13. The van der Waals surface area contributed by atoms with Gasteiger partial charge in [-0.15, -0.1) is 0 Å². The molecule has 2 heteroatoms. The molecule has 0 fully saturated rings. The molecule has 2 aromatic rings. The van der Waals surface area contributed by atoms with E-state index in [0.717, 1.165) is 16.8 Å². The maximum absolute atomic E-state index is 6.10. The fourth-order valence-corrected chi connectivity index (χ4v) is 2.48. The van der Waals surface area contributed by atoms with Crippen LogP contribution in [0.1, 0.15) is 37.5 Å². The fraction of sp³-hybridized carbons (Fsp3) is 0.333. The molecule has 0 aliphatic rings. The van der Waals surface area contributed by atoms with Gasteiger partial charge in [-0.3, -0.25) is 0 Å². The van der Waals surface area contributed by atoms with Crippen molar-refractivity contribution in [3.8, 4) is 11.5 Å². The van der Waals surface area contributed by atoms with Crippen LogP contribution in [-0.2, 0) is 10.7 Å². The Morgan fingerprint density at radius 3 is 2.20 bits per heavy atom. The third-order valence-corrected chi connectivity index (χ3v) is 3.90. The number of rotatable bonds is 3. The summed E-state index contributed by atoms with van der Waals surface area (Å²) in [5.41, 5.74) is 3.76. The first-order chi connectivity index (χ1) is 9.40. The van der Waals surface area contributed by atoms with Crippen molar-refractivity contribution in [2.24, 2.45) is 0 Å². The quantitative estimate of drug-likeness (QED) is 0.628. The minimum absolute atomic E-state index is 0.0683. The second kappa shape index (κ2) is 6.01. The molecule has 0 unspecified atom stereocenters. The van der Waals surface area contributed by atoms with E-state index in [2.05, 4.69) is 74.0 Å². The van der Waals surface area contributed by atoms with Crippen molar-refractivity contribution in [1.82, 2.24) is 0 Å². The van der Waals surface area contributed by atoms with Crippen LogP contribution >= 0.6 is 15.9 Å². The van der Waals surface area contributed by atoms with Gasteiger partial charge < -0.3 is 4.74 Å². The minimum Gasteiger partial charge on any atom is -0.457 e. The molecular formula is C18H21BrO. The van der Waals surface area contributed by atoms with Crippen molar-refractivity contribution in [3.05, 3.63) is 59.2 Å². The van der Waals surface area contributed by atoms with Crippen LogP contribution in [0, 0.1) is 6.92 Å². The van der Waals surface area contributed by atoms with Crippen LogP contribution in [0.4, 0.5) is 0 Å². The van der Waals surface area contributed by atoms with Gasteiger partial charge in [0.15, 0.2) is 0 Å². The van der Waals surface area contributed by atoms with Crippen LogP contribution in [-0.4, -0.2) is 0 Å². The third kappa shape index (κ3) is 3.63. The van der Waals surface area contributed by atoms with E-state index < -0.39 is 0 Å². The molecule has 0 saturated heterocycles. The fourth-order valence-electron chi connectivity index (χ4n) is 2.11. The lowest BCUT2D eigenvalue weighted by atomic mass is 9.86. The minimum atomic E-state index is 0.0683. The second-order valence-corrected chi connectivity index (χ2v) is 6.69. The molecule has 0 radical (unpaired) electrons. The lowest BCUT2D eigenvalue weighted by molar-refractivity contribution is 0.455. The third-order valence-electron chi connectivity index (χ3n) is 3.25. The highest BCUT2D eigenvalue weighted by molar-refractivity contribution is 9.08. The molecule has 0 aliphatic carbocycles. The van der Waals surface area contributed by atoms with Crippen LogP contribution in [0.5, 0.6) is 11.5 Å². The van der Waals surface area contributed by atoms with E-state index in [1.807, 2.05) is 12.1 Å². The summed E-state index contributed by atoms with van der Waals surface area (Å²) in [6, 6.07) is 14.6. The van der Waals surface area contributed by atoms with E-state index >= 15 is 0 Å². The Labute approximate surface area is 130 Å². The molecule has 0 spiro atoms. The van der Waals surface area contributed by atoms with Crippen LogP contribution < -0.4 is 4.74 Å². The van der Waals surface area contributed by atoms with Gasteiger partial charge in [0.1, 0.15) is 11.5 Å². The van der Waals surface area contributed by atoms with Crippen LogP contribution in [0.15, 0.2) is 42.5 Å². The summed E-state index contributed by atoms with van der Waals surface area (Å²) in [7, 11) is 0. The summed E-state index contributed by atoms with van der Waals surface area (Å²) in [4.78, 5) is 0. The molecule has 2 aromatic carbocycles. The van der Waals surface area contributed by atoms with Crippen LogP contribution in [0.2, 0.25) is 0 Å². The summed E-state index contributed by atoms with van der Waals surface area (Å²) in [5, 5.41) is 0.866. The Balaban J connectivity index is 2.34. The number of benzene rings is 2. The first-order valence-electron chi connectivity index (χ1n) is 6.84. The average Bonchev–Trinajstić information content (AvgIpc) is 2.38. The Kier molecular flexibility index (Phi) is 4.54. The molecule has 0 N–H and O–H groups in total. The molecule has 0 aromatic heterocycles. The number of alkyl halides is 1. The highest BCUT2D eigenvalue weighted by Gasteiger charge is 2.19. The van der Waals surface area contributed by atoms with Gasteiger partial charge in [-0.05, 0) is 41.7 Å². The van der Waals surface area contributed by atoms with Gasteiger partial charge in [0, 0.05) is 10.9 Å². The standard InChI is InChI=1S/C18H21BrO/c1-13-5-10-16(18(2,3)4)17(11-13)20-15-8-6-14(12-19)7-9-15/h5-11H,12H2,1-4H3. The van der Waals surface area contributed by atoms with Gasteiger partial charge in [0.2, 0.25) is 0 Å². The van der Waals surface area contributed by atoms with Gasteiger partial charge in [0.05, 0.1) is 0 Å².